The van der Waals surface area contributed by atoms with E-state index in [4.69, 9.17) is 0 Å². The molecule has 0 unspecified atom stereocenters. The van der Waals surface area contributed by atoms with Crippen LogP contribution in [0.1, 0.15) is 15.9 Å². The highest BCUT2D eigenvalue weighted by molar-refractivity contribution is 6.01. The lowest BCUT2D eigenvalue weighted by Crippen LogP contribution is -2.17. The number of aromatic hydroxyl groups is 1. The van der Waals surface area contributed by atoms with Crippen LogP contribution in [0.5, 0.6) is 5.75 Å². The Kier molecular flexibility index (Phi) is 4.38. The number of hydrazone groups is 1. The number of phenolic OH excluding ortho intramolecular Hbond substituents is 1. The summed E-state index contributed by atoms with van der Waals surface area (Å²) in [6.45, 7) is 0. The van der Waals surface area contributed by atoms with E-state index in [9.17, 15) is 20.0 Å². The van der Waals surface area contributed by atoms with Crippen LogP contribution in [0.3, 0.4) is 0 Å². The number of benzene rings is 3. The van der Waals surface area contributed by atoms with Gasteiger partial charge < -0.3 is 5.11 Å². The van der Waals surface area contributed by atoms with Gasteiger partial charge in [0, 0.05) is 12.1 Å². The minimum absolute atomic E-state index is 0.0257. The predicted molar refractivity (Wildman–Crippen MR) is 93.8 cm³/mol. The fourth-order valence-electron chi connectivity index (χ4n) is 2.32. The first kappa shape index (κ1) is 16.1. The number of fused-ring (bicyclic) bond motifs is 1. The molecule has 7 nitrogen and oxygen atoms in total. The van der Waals surface area contributed by atoms with Crippen LogP contribution in [0.4, 0.5) is 5.69 Å². The Morgan fingerprint density at radius 2 is 1.72 bits per heavy atom. The van der Waals surface area contributed by atoms with E-state index in [1.807, 2.05) is 24.3 Å². The van der Waals surface area contributed by atoms with E-state index in [0.717, 1.165) is 10.8 Å². The second-order valence-corrected chi connectivity index (χ2v) is 5.26. The molecule has 0 saturated heterocycles. The quantitative estimate of drug-likeness (QED) is 0.434. The fourth-order valence-corrected chi connectivity index (χ4v) is 2.32. The number of phenols is 1. The molecule has 0 saturated carbocycles. The van der Waals surface area contributed by atoms with Crippen molar-refractivity contribution < 1.29 is 14.8 Å². The van der Waals surface area contributed by atoms with Crippen LogP contribution in [0.25, 0.3) is 10.8 Å². The number of hydrogen-bond donors (Lipinski definition) is 2. The lowest BCUT2D eigenvalue weighted by atomic mass is 10.1. The van der Waals surface area contributed by atoms with Crippen LogP contribution in [0.2, 0.25) is 0 Å². The molecule has 0 atom stereocenters. The summed E-state index contributed by atoms with van der Waals surface area (Å²) in [5.41, 5.74) is 3.00. The van der Waals surface area contributed by atoms with Gasteiger partial charge in [-0.3, -0.25) is 14.9 Å². The molecule has 0 aliphatic carbocycles. The maximum Gasteiger partial charge on any atom is 0.275 e. The molecule has 1 amide bonds. The van der Waals surface area contributed by atoms with Crippen molar-refractivity contribution in [2.24, 2.45) is 5.10 Å². The number of nitrogens with zero attached hydrogens (tertiary/aromatic N) is 2. The van der Waals surface area contributed by atoms with Gasteiger partial charge in [0.05, 0.1) is 16.7 Å². The average Bonchev–Trinajstić information content (AvgIpc) is 2.61. The number of nitrogens with one attached hydrogen (secondary N) is 1. The van der Waals surface area contributed by atoms with Gasteiger partial charge in [-0.25, -0.2) is 5.43 Å². The molecule has 0 aromatic heterocycles. The molecule has 0 bridgehead atoms. The van der Waals surface area contributed by atoms with Crippen molar-refractivity contribution in [2.75, 3.05) is 0 Å². The largest absolute Gasteiger partial charge is 0.507 e. The van der Waals surface area contributed by atoms with Gasteiger partial charge in [0.2, 0.25) is 0 Å². The molecule has 25 heavy (non-hydrogen) atoms. The number of amides is 1. The molecule has 2 N–H and O–H groups in total. The molecule has 7 heteroatoms. The molecule has 0 aliphatic rings. The predicted octanol–water partition coefficient (Wildman–Crippen LogP) is 3.22. The molecule has 0 aliphatic heterocycles. The molecule has 0 heterocycles. The summed E-state index contributed by atoms with van der Waals surface area (Å²) in [7, 11) is 0. The van der Waals surface area contributed by atoms with Gasteiger partial charge in [-0.15, -0.1) is 0 Å². The average molecular weight is 335 g/mol. The Balaban J connectivity index is 1.74. The first-order valence-electron chi connectivity index (χ1n) is 7.34. The Hall–Kier alpha value is -3.74. The number of nitro benzene ring substituents is 1. The zero-order valence-electron chi connectivity index (χ0n) is 12.9. The van der Waals surface area contributed by atoms with Crippen LogP contribution in [-0.4, -0.2) is 22.2 Å². The van der Waals surface area contributed by atoms with Crippen LogP contribution >= 0.6 is 0 Å². The van der Waals surface area contributed by atoms with Gasteiger partial charge in [-0.2, -0.15) is 5.10 Å². The molecular formula is C18H13N3O4. The van der Waals surface area contributed by atoms with Gasteiger partial charge in [-0.1, -0.05) is 24.3 Å². The molecule has 3 rings (SSSR count). The van der Waals surface area contributed by atoms with E-state index in [1.54, 1.807) is 6.07 Å². The van der Waals surface area contributed by atoms with Gasteiger partial charge in [-0.05, 0) is 40.6 Å². The summed E-state index contributed by atoms with van der Waals surface area (Å²) >= 11 is 0. The second kappa shape index (κ2) is 6.79. The fraction of sp³-hybridized carbons (Fsp3) is 0. The minimum Gasteiger partial charge on any atom is -0.507 e. The molecule has 0 radical (unpaired) electrons. The third-order valence-electron chi connectivity index (χ3n) is 3.59. The number of hydrogen-bond acceptors (Lipinski definition) is 5. The highest BCUT2D eigenvalue weighted by Gasteiger charge is 2.11. The van der Waals surface area contributed by atoms with Gasteiger partial charge in [0.15, 0.2) is 0 Å². The Bertz CT molecular complexity index is 981. The maximum absolute atomic E-state index is 12.2. The van der Waals surface area contributed by atoms with E-state index in [-0.39, 0.29) is 17.0 Å². The van der Waals surface area contributed by atoms with E-state index >= 15 is 0 Å². The molecule has 0 spiro atoms. The Labute approximate surface area is 142 Å². The van der Waals surface area contributed by atoms with Gasteiger partial charge >= 0.3 is 0 Å². The van der Waals surface area contributed by atoms with E-state index in [2.05, 4.69) is 10.5 Å². The first-order chi connectivity index (χ1) is 12.0. The first-order valence-corrected chi connectivity index (χ1v) is 7.34. The van der Waals surface area contributed by atoms with Gasteiger partial charge in [0.1, 0.15) is 5.75 Å². The van der Waals surface area contributed by atoms with Crippen molar-refractivity contribution >= 4 is 28.6 Å². The molecule has 3 aromatic carbocycles. The standard InChI is InChI=1S/C18H13N3O4/c22-17-10-14-4-2-1-3-13(14)9-16(17)18(23)20-19-11-12-5-7-15(8-6-12)21(24)25/h1-11,22H,(H,20,23). The maximum atomic E-state index is 12.2. The molecular weight excluding hydrogens is 322 g/mol. The smallest absolute Gasteiger partial charge is 0.275 e. The van der Waals surface area contributed by atoms with Crippen molar-refractivity contribution in [1.82, 2.24) is 5.43 Å². The summed E-state index contributed by atoms with van der Waals surface area (Å²) in [6, 6.07) is 16.2. The van der Waals surface area contributed by atoms with Crippen LogP contribution in [-0.2, 0) is 0 Å². The monoisotopic (exact) mass is 335 g/mol. The molecule has 3 aromatic rings. The zero-order chi connectivity index (χ0) is 17.8. The second-order valence-electron chi connectivity index (χ2n) is 5.26. The summed E-state index contributed by atoms with van der Waals surface area (Å²) in [5.74, 6) is -0.692. The van der Waals surface area contributed by atoms with E-state index < -0.39 is 10.8 Å². The van der Waals surface area contributed by atoms with Crippen LogP contribution < -0.4 is 5.43 Å². The third-order valence-corrected chi connectivity index (χ3v) is 3.59. The summed E-state index contributed by atoms with van der Waals surface area (Å²) in [6.07, 6.45) is 1.36. The number of carbonyl (C=O) groups is 1. The van der Waals surface area contributed by atoms with Crippen molar-refractivity contribution in [3.8, 4) is 5.75 Å². The highest BCUT2D eigenvalue weighted by atomic mass is 16.6. The lowest BCUT2D eigenvalue weighted by Gasteiger charge is -2.05. The number of nitro groups is 1. The number of non-ortho nitro benzene ring substituents is 1. The SMILES string of the molecule is O=C(NN=Cc1ccc([N+](=O)[O-])cc1)c1cc2ccccc2cc1O. The minimum atomic E-state index is -0.554. The van der Waals surface area contributed by atoms with Crippen molar-refractivity contribution in [3.05, 3.63) is 81.9 Å². The van der Waals surface area contributed by atoms with Crippen molar-refractivity contribution in [1.29, 1.82) is 0 Å². The number of carbonyl (C=O) groups excluding carboxylic acids is 1. The third kappa shape index (κ3) is 3.61. The summed E-state index contributed by atoms with van der Waals surface area (Å²) < 4.78 is 0. The Morgan fingerprint density at radius 1 is 1.08 bits per heavy atom. The lowest BCUT2D eigenvalue weighted by molar-refractivity contribution is -0.384. The summed E-state index contributed by atoms with van der Waals surface area (Å²) in [5, 5.41) is 26.0. The zero-order valence-corrected chi connectivity index (χ0v) is 12.9. The normalized spacial score (nSPS) is 10.9. The van der Waals surface area contributed by atoms with E-state index in [1.165, 1.54) is 36.5 Å². The molecule has 124 valence electrons. The molecule has 0 fully saturated rings. The number of rotatable bonds is 4. The van der Waals surface area contributed by atoms with Crippen molar-refractivity contribution in [2.45, 2.75) is 0 Å². The Morgan fingerprint density at radius 3 is 2.36 bits per heavy atom. The van der Waals surface area contributed by atoms with Gasteiger partial charge in [0.25, 0.3) is 11.6 Å². The topological polar surface area (TPSA) is 105 Å². The van der Waals surface area contributed by atoms with Crippen LogP contribution in [0, 0.1) is 10.1 Å². The van der Waals surface area contributed by atoms with Crippen molar-refractivity contribution in [3.63, 3.8) is 0 Å². The van der Waals surface area contributed by atoms with E-state index in [0.29, 0.717) is 5.56 Å². The van der Waals surface area contributed by atoms with Crippen LogP contribution in [0.15, 0.2) is 65.8 Å². The summed E-state index contributed by atoms with van der Waals surface area (Å²) in [4.78, 5) is 22.3. The highest BCUT2D eigenvalue weighted by Crippen LogP contribution is 2.24.